The molecule has 0 amide bonds. The van der Waals surface area contributed by atoms with E-state index in [4.69, 9.17) is 16.3 Å². The minimum Gasteiger partial charge on any atom is -0.495 e. The van der Waals surface area contributed by atoms with Crippen molar-refractivity contribution < 1.29 is 9.84 Å². The van der Waals surface area contributed by atoms with Crippen LogP contribution < -0.4 is 4.74 Å². The van der Waals surface area contributed by atoms with Crippen molar-refractivity contribution in [2.75, 3.05) is 13.4 Å². The van der Waals surface area contributed by atoms with Crippen molar-refractivity contribution in [3.63, 3.8) is 0 Å². The van der Waals surface area contributed by atoms with E-state index in [2.05, 4.69) is 0 Å². The summed E-state index contributed by atoms with van der Waals surface area (Å²) in [5, 5.41) is 10.9. The van der Waals surface area contributed by atoms with Crippen molar-refractivity contribution in [2.45, 2.75) is 11.0 Å². The van der Waals surface area contributed by atoms with E-state index in [0.29, 0.717) is 10.8 Å². The van der Waals surface area contributed by atoms with Gasteiger partial charge >= 0.3 is 0 Å². The number of ether oxygens (including phenoxy) is 1. The van der Waals surface area contributed by atoms with Crippen LogP contribution in [0.25, 0.3) is 0 Å². The number of thioether (sulfide) groups is 1. The van der Waals surface area contributed by atoms with Gasteiger partial charge in [0.05, 0.1) is 12.1 Å². The molecule has 1 N–H and O–H groups in total. The molecular weight excluding hydrogens is 280 g/mol. The van der Waals surface area contributed by atoms with Crippen molar-refractivity contribution in [3.05, 3.63) is 58.6 Å². The second-order valence-corrected chi connectivity index (χ2v) is 5.36. The topological polar surface area (TPSA) is 29.5 Å². The average Bonchev–Trinajstić information content (AvgIpc) is 2.47. The van der Waals surface area contributed by atoms with Crippen LogP contribution in [0.15, 0.2) is 47.4 Å². The molecule has 2 rings (SSSR count). The van der Waals surface area contributed by atoms with Gasteiger partial charge in [0, 0.05) is 4.90 Å². The van der Waals surface area contributed by atoms with Gasteiger partial charge in [0.2, 0.25) is 0 Å². The monoisotopic (exact) mass is 294 g/mol. The van der Waals surface area contributed by atoms with Gasteiger partial charge in [-0.05, 0) is 41.6 Å². The number of halogens is 1. The summed E-state index contributed by atoms with van der Waals surface area (Å²) in [5.74, 6) is 0.568. The Morgan fingerprint density at radius 2 is 1.74 bits per heavy atom. The zero-order valence-corrected chi connectivity index (χ0v) is 12.3. The number of aliphatic hydroxyl groups excluding tert-OH is 1. The first kappa shape index (κ1) is 14.3. The van der Waals surface area contributed by atoms with Gasteiger partial charge in [-0.2, -0.15) is 0 Å². The number of methoxy groups -OCH3 is 1. The third-order valence-corrected chi connectivity index (χ3v) is 3.98. The molecule has 2 aromatic carbocycles. The molecule has 0 saturated carbocycles. The van der Waals surface area contributed by atoms with Crippen LogP contribution >= 0.6 is 23.4 Å². The molecule has 1 unspecified atom stereocenters. The summed E-state index contributed by atoms with van der Waals surface area (Å²) in [4.78, 5) is 1.17. The Hall–Kier alpha value is -1.16. The standard InChI is InChI=1S/C15H15ClO2S/c1-18-14-9-11(5-8-13(14)16)15(17)10-3-6-12(19-2)7-4-10/h3-9,15,17H,1-2H3. The maximum atomic E-state index is 10.4. The largest absolute Gasteiger partial charge is 0.495 e. The first-order valence-electron chi connectivity index (χ1n) is 5.81. The highest BCUT2D eigenvalue weighted by Crippen LogP contribution is 2.30. The van der Waals surface area contributed by atoms with Crippen LogP contribution in [-0.4, -0.2) is 18.5 Å². The smallest absolute Gasteiger partial charge is 0.137 e. The predicted octanol–water partition coefficient (Wildman–Crippen LogP) is 4.15. The first-order valence-corrected chi connectivity index (χ1v) is 7.41. The van der Waals surface area contributed by atoms with Crippen LogP contribution in [0.4, 0.5) is 0 Å². The average molecular weight is 295 g/mol. The second-order valence-electron chi connectivity index (χ2n) is 4.07. The van der Waals surface area contributed by atoms with E-state index < -0.39 is 6.10 Å². The summed E-state index contributed by atoms with van der Waals surface area (Å²) in [6.45, 7) is 0. The summed E-state index contributed by atoms with van der Waals surface area (Å²) in [7, 11) is 1.56. The lowest BCUT2D eigenvalue weighted by Crippen LogP contribution is -2.00. The maximum absolute atomic E-state index is 10.4. The van der Waals surface area contributed by atoms with Crippen LogP contribution in [0, 0.1) is 0 Å². The predicted molar refractivity (Wildman–Crippen MR) is 80.3 cm³/mol. The van der Waals surface area contributed by atoms with E-state index in [1.807, 2.05) is 30.5 Å². The normalized spacial score (nSPS) is 12.2. The van der Waals surface area contributed by atoms with Crippen LogP contribution in [0.5, 0.6) is 5.75 Å². The Morgan fingerprint density at radius 3 is 2.32 bits per heavy atom. The number of benzene rings is 2. The molecule has 4 heteroatoms. The van der Waals surface area contributed by atoms with Crippen molar-refractivity contribution in [1.29, 1.82) is 0 Å². The summed E-state index contributed by atoms with van der Waals surface area (Å²) < 4.78 is 5.16. The fourth-order valence-corrected chi connectivity index (χ4v) is 2.43. The number of rotatable bonds is 4. The van der Waals surface area contributed by atoms with Crippen LogP contribution in [0.2, 0.25) is 5.02 Å². The fraction of sp³-hybridized carbons (Fsp3) is 0.200. The second kappa shape index (κ2) is 6.33. The van der Waals surface area contributed by atoms with Crippen LogP contribution in [0.1, 0.15) is 17.2 Å². The number of aliphatic hydroxyl groups is 1. The lowest BCUT2D eigenvalue weighted by atomic mass is 10.0. The minimum atomic E-state index is -0.679. The van der Waals surface area contributed by atoms with E-state index in [9.17, 15) is 5.11 Å². The van der Waals surface area contributed by atoms with E-state index in [-0.39, 0.29) is 0 Å². The lowest BCUT2D eigenvalue weighted by molar-refractivity contribution is 0.219. The highest BCUT2D eigenvalue weighted by Gasteiger charge is 2.12. The molecule has 1 atom stereocenters. The van der Waals surface area contributed by atoms with E-state index >= 15 is 0 Å². The molecule has 19 heavy (non-hydrogen) atoms. The van der Waals surface area contributed by atoms with Gasteiger partial charge in [-0.15, -0.1) is 11.8 Å². The minimum absolute atomic E-state index is 0.538. The molecule has 0 radical (unpaired) electrons. The molecule has 0 heterocycles. The Labute approximate surface area is 122 Å². The molecule has 100 valence electrons. The van der Waals surface area contributed by atoms with Gasteiger partial charge in [-0.3, -0.25) is 0 Å². The third-order valence-electron chi connectivity index (χ3n) is 2.92. The summed E-state index contributed by atoms with van der Waals surface area (Å²) in [6.07, 6.45) is 1.34. The van der Waals surface area contributed by atoms with Gasteiger partial charge in [0.25, 0.3) is 0 Å². The zero-order chi connectivity index (χ0) is 13.8. The summed E-state index contributed by atoms with van der Waals surface area (Å²) in [5.41, 5.74) is 1.61. The molecule has 0 aliphatic heterocycles. The summed E-state index contributed by atoms with van der Waals surface area (Å²) in [6, 6.07) is 13.1. The Balaban J connectivity index is 2.29. The Morgan fingerprint density at radius 1 is 1.11 bits per heavy atom. The molecule has 0 spiro atoms. The molecule has 2 nitrogen and oxygen atoms in total. The quantitative estimate of drug-likeness (QED) is 0.859. The maximum Gasteiger partial charge on any atom is 0.137 e. The van der Waals surface area contributed by atoms with Crippen molar-refractivity contribution >= 4 is 23.4 Å². The molecule has 0 saturated heterocycles. The molecule has 0 aromatic heterocycles. The van der Waals surface area contributed by atoms with E-state index in [1.54, 1.807) is 37.1 Å². The molecule has 0 aliphatic carbocycles. The van der Waals surface area contributed by atoms with Gasteiger partial charge in [0.15, 0.2) is 0 Å². The van der Waals surface area contributed by atoms with Crippen LogP contribution in [-0.2, 0) is 0 Å². The third kappa shape index (κ3) is 3.24. The molecule has 0 aliphatic rings. The molecule has 2 aromatic rings. The van der Waals surface area contributed by atoms with Gasteiger partial charge < -0.3 is 9.84 Å². The number of hydrogen-bond acceptors (Lipinski definition) is 3. The van der Waals surface area contributed by atoms with Gasteiger partial charge in [-0.1, -0.05) is 29.8 Å². The molecule has 0 fully saturated rings. The summed E-state index contributed by atoms with van der Waals surface area (Å²) >= 11 is 7.65. The molecular formula is C15H15ClO2S. The Kier molecular flexibility index (Phi) is 4.75. The van der Waals surface area contributed by atoms with E-state index in [1.165, 1.54) is 4.90 Å². The SMILES string of the molecule is COc1cc(C(O)c2ccc(SC)cc2)ccc1Cl. The lowest BCUT2D eigenvalue weighted by Gasteiger charge is -2.13. The van der Waals surface area contributed by atoms with Gasteiger partial charge in [0.1, 0.15) is 11.9 Å². The van der Waals surface area contributed by atoms with E-state index in [0.717, 1.165) is 11.1 Å². The highest BCUT2D eigenvalue weighted by molar-refractivity contribution is 7.98. The van der Waals surface area contributed by atoms with Crippen molar-refractivity contribution in [1.82, 2.24) is 0 Å². The van der Waals surface area contributed by atoms with Crippen molar-refractivity contribution in [2.24, 2.45) is 0 Å². The highest BCUT2D eigenvalue weighted by atomic mass is 35.5. The number of hydrogen-bond donors (Lipinski definition) is 1. The Bertz CT molecular complexity index is 555. The van der Waals surface area contributed by atoms with Crippen LogP contribution in [0.3, 0.4) is 0 Å². The zero-order valence-electron chi connectivity index (χ0n) is 10.8. The molecule has 0 bridgehead atoms. The van der Waals surface area contributed by atoms with Crippen molar-refractivity contribution in [3.8, 4) is 5.75 Å². The fourth-order valence-electron chi connectivity index (χ4n) is 1.83. The van der Waals surface area contributed by atoms with Gasteiger partial charge in [-0.25, -0.2) is 0 Å². The first-order chi connectivity index (χ1) is 9.15.